The monoisotopic (exact) mass is 380 g/mol. The zero-order valence-electron chi connectivity index (χ0n) is 16.5. The standard InChI is InChI=1S/C23H28N2O3/c1-27-17-5-4-15-12-18-22(8-10-24)7-6-16(26)21-23(22,19(15)20(17)28-21)9-11-25(18)13-14-2-3-14/h4-5,14,16,18,21,26H,2-3,6-9,11-13H2,1H3/t16-,18+,21-,22+,23-/m0/s1. The minimum Gasteiger partial charge on any atom is -0.493 e. The van der Waals surface area contributed by atoms with Crippen molar-refractivity contribution in [1.82, 2.24) is 4.90 Å². The van der Waals surface area contributed by atoms with Gasteiger partial charge >= 0.3 is 0 Å². The van der Waals surface area contributed by atoms with Crippen molar-refractivity contribution in [3.05, 3.63) is 23.3 Å². The van der Waals surface area contributed by atoms with Crippen LogP contribution in [-0.2, 0) is 11.8 Å². The van der Waals surface area contributed by atoms with Crippen LogP contribution in [0.5, 0.6) is 11.5 Å². The van der Waals surface area contributed by atoms with Crippen molar-refractivity contribution >= 4 is 0 Å². The number of methoxy groups -OCH3 is 1. The molecule has 0 radical (unpaired) electrons. The smallest absolute Gasteiger partial charge is 0.165 e. The molecule has 5 nitrogen and oxygen atoms in total. The average Bonchev–Trinajstić information content (AvgIpc) is 3.44. The van der Waals surface area contributed by atoms with E-state index >= 15 is 0 Å². The number of rotatable bonds is 4. The molecule has 0 aromatic heterocycles. The lowest BCUT2D eigenvalue weighted by Gasteiger charge is -2.66. The highest BCUT2D eigenvalue weighted by atomic mass is 16.5. The SMILES string of the molecule is COc1ccc2c3c1O[C@H]1[C@@H](O)CC[C@@]4(CC#N)[C@@H](C2)N(CC2CC2)CC[C@]314. The lowest BCUT2D eigenvalue weighted by atomic mass is 9.42. The summed E-state index contributed by atoms with van der Waals surface area (Å²) in [6.45, 7) is 2.21. The number of aliphatic hydroxyl groups excluding tert-OH is 1. The van der Waals surface area contributed by atoms with Crippen LogP contribution < -0.4 is 9.47 Å². The van der Waals surface area contributed by atoms with Crippen LogP contribution in [0.25, 0.3) is 0 Å². The molecule has 5 atom stereocenters. The Morgan fingerprint density at radius 2 is 2.18 bits per heavy atom. The van der Waals surface area contributed by atoms with Gasteiger partial charge in [0.2, 0.25) is 0 Å². The highest BCUT2D eigenvalue weighted by molar-refractivity contribution is 5.62. The van der Waals surface area contributed by atoms with Gasteiger partial charge in [-0.05, 0) is 62.6 Å². The topological polar surface area (TPSA) is 65.7 Å². The van der Waals surface area contributed by atoms with Gasteiger partial charge in [-0.1, -0.05) is 6.07 Å². The second-order valence-electron chi connectivity index (χ2n) is 9.65. The van der Waals surface area contributed by atoms with Crippen molar-refractivity contribution in [2.45, 2.75) is 68.6 Å². The Bertz CT molecular complexity index is 875. The number of piperidine rings is 1. The second-order valence-corrected chi connectivity index (χ2v) is 9.65. The molecule has 1 N–H and O–H groups in total. The zero-order valence-corrected chi connectivity index (χ0v) is 16.5. The fourth-order valence-electron chi connectivity index (χ4n) is 7.32. The van der Waals surface area contributed by atoms with Crippen LogP contribution in [-0.4, -0.2) is 48.5 Å². The van der Waals surface area contributed by atoms with Crippen LogP contribution >= 0.6 is 0 Å². The summed E-state index contributed by atoms with van der Waals surface area (Å²) in [4.78, 5) is 2.69. The Hall–Kier alpha value is -1.77. The second kappa shape index (κ2) is 5.64. The number of nitrogens with zero attached hydrogens (tertiary/aromatic N) is 2. The van der Waals surface area contributed by atoms with Crippen LogP contribution in [0.4, 0.5) is 0 Å². The maximum absolute atomic E-state index is 11.0. The van der Waals surface area contributed by atoms with Gasteiger partial charge in [-0.3, -0.25) is 4.90 Å². The van der Waals surface area contributed by atoms with E-state index in [0.717, 1.165) is 43.2 Å². The molecule has 28 heavy (non-hydrogen) atoms. The van der Waals surface area contributed by atoms with E-state index < -0.39 is 6.10 Å². The molecule has 1 spiro atoms. The van der Waals surface area contributed by atoms with Gasteiger partial charge in [0.1, 0.15) is 6.10 Å². The van der Waals surface area contributed by atoms with E-state index in [0.29, 0.717) is 18.9 Å². The summed E-state index contributed by atoms with van der Waals surface area (Å²) in [5.74, 6) is 2.44. The van der Waals surface area contributed by atoms with Crippen molar-refractivity contribution in [3.63, 3.8) is 0 Å². The third-order valence-corrected chi connectivity index (χ3v) is 8.60. The summed E-state index contributed by atoms with van der Waals surface area (Å²) < 4.78 is 12.1. The number of aliphatic hydroxyl groups is 1. The molecule has 5 heteroatoms. The van der Waals surface area contributed by atoms with E-state index in [-0.39, 0.29) is 16.9 Å². The predicted molar refractivity (Wildman–Crippen MR) is 103 cm³/mol. The van der Waals surface area contributed by atoms with Crippen molar-refractivity contribution in [1.29, 1.82) is 5.26 Å². The Balaban J connectivity index is 1.59. The molecule has 2 heterocycles. The number of nitriles is 1. The summed E-state index contributed by atoms with van der Waals surface area (Å²) in [7, 11) is 1.68. The van der Waals surface area contributed by atoms with Crippen molar-refractivity contribution in [2.75, 3.05) is 20.2 Å². The van der Waals surface area contributed by atoms with Gasteiger partial charge in [0.15, 0.2) is 11.5 Å². The highest BCUT2D eigenvalue weighted by Gasteiger charge is 2.72. The van der Waals surface area contributed by atoms with Crippen molar-refractivity contribution in [3.8, 4) is 17.6 Å². The van der Waals surface area contributed by atoms with Gasteiger partial charge in [0.25, 0.3) is 0 Å². The molecule has 1 saturated heterocycles. The molecule has 148 valence electrons. The molecule has 2 aliphatic heterocycles. The van der Waals surface area contributed by atoms with E-state index in [1.54, 1.807) is 7.11 Å². The van der Waals surface area contributed by atoms with Crippen LogP contribution in [0.1, 0.15) is 49.7 Å². The molecule has 2 saturated carbocycles. The predicted octanol–water partition coefficient (Wildman–Crippen LogP) is 2.79. The summed E-state index contributed by atoms with van der Waals surface area (Å²) in [6.07, 6.45) is 6.07. The van der Waals surface area contributed by atoms with E-state index in [1.165, 1.54) is 30.5 Å². The van der Waals surface area contributed by atoms with Gasteiger partial charge in [-0.25, -0.2) is 0 Å². The third-order valence-electron chi connectivity index (χ3n) is 8.60. The molecule has 1 aromatic carbocycles. The summed E-state index contributed by atoms with van der Waals surface area (Å²) in [6, 6.07) is 7.16. The Kier molecular flexibility index (Phi) is 3.45. The van der Waals surface area contributed by atoms with Crippen LogP contribution in [0.3, 0.4) is 0 Å². The Labute approximate surface area is 166 Å². The molecular formula is C23H28N2O3. The minimum atomic E-state index is -0.481. The molecule has 0 unspecified atom stereocenters. The Morgan fingerprint density at radius 1 is 1.32 bits per heavy atom. The number of hydrogen-bond acceptors (Lipinski definition) is 5. The van der Waals surface area contributed by atoms with Gasteiger partial charge in [-0.2, -0.15) is 5.26 Å². The van der Waals surface area contributed by atoms with E-state index in [1.807, 2.05) is 6.07 Å². The van der Waals surface area contributed by atoms with Crippen LogP contribution in [0.2, 0.25) is 0 Å². The molecule has 0 amide bonds. The summed E-state index contributed by atoms with van der Waals surface area (Å²) >= 11 is 0. The average molecular weight is 380 g/mol. The molecular weight excluding hydrogens is 352 g/mol. The summed E-state index contributed by atoms with van der Waals surface area (Å²) in [5, 5.41) is 20.9. The van der Waals surface area contributed by atoms with Crippen LogP contribution in [0, 0.1) is 22.7 Å². The molecule has 2 bridgehead atoms. The zero-order chi connectivity index (χ0) is 19.1. The quantitative estimate of drug-likeness (QED) is 0.870. The van der Waals surface area contributed by atoms with Crippen molar-refractivity contribution in [2.24, 2.45) is 11.3 Å². The normalized spacial score (nSPS) is 40.4. The number of hydrogen-bond donors (Lipinski definition) is 1. The molecule has 5 aliphatic rings. The van der Waals surface area contributed by atoms with E-state index in [4.69, 9.17) is 9.47 Å². The van der Waals surface area contributed by atoms with Gasteiger partial charge in [0, 0.05) is 35.4 Å². The first-order chi connectivity index (χ1) is 13.6. The fourth-order valence-corrected chi connectivity index (χ4v) is 7.32. The molecule has 3 aliphatic carbocycles. The van der Waals surface area contributed by atoms with Gasteiger partial charge in [0.05, 0.1) is 19.3 Å². The minimum absolute atomic E-state index is 0.136. The largest absolute Gasteiger partial charge is 0.493 e. The van der Waals surface area contributed by atoms with E-state index in [2.05, 4.69) is 17.0 Å². The Morgan fingerprint density at radius 3 is 2.93 bits per heavy atom. The molecule has 3 fully saturated rings. The van der Waals surface area contributed by atoms with Gasteiger partial charge in [-0.15, -0.1) is 0 Å². The number of benzene rings is 1. The fraction of sp³-hybridized carbons (Fsp3) is 0.696. The van der Waals surface area contributed by atoms with Gasteiger partial charge < -0.3 is 14.6 Å². The summed E-state index contributed by atoms with van der Waals surface area (Å²) in [5.41, 5.74) is 2.20. The lowest BCUT2D eigenvalue weighted by Crippen LogP contribution is -2.73. The molecule has 6 rings (SSSR count). The third kappa shape index (κ3) is 1.89. The first kappa shape index (κ1) is 17.1. The van der Waals surface area contributed by atoms with E-state index in [9.17, 15) is 10.4 Å². The molecule has 1 aromatic rings. The number of likely N-dealkylation sites (tertiary alicyclic amines) is 1. The first-order valence-electron chi connectivity index (χ1n) is 10.8. The van der Waals surface area contributed by atoms with Crippen LogP contribution in [0.15, 0.2) is 12.1 Å². The number of ether oxygens (including phenoxy) is 2. The maximum atomic E-state index is 11.0. The highest BCUT2D eigenvalue weighted by Crippen LogP contribution is 2.70. The van der Waals surface area contributed by atoms with Crippen molar-refractivity contribution < 1.29 is 14.6 Å². The first-order valence-corrected chi connectivity index (χ1v) is 10.8. The lowest BCUT2D eigenvalue weighted by molar-refractivity contribution is -0.159. The maximum Gasteiger partial charge on any atom is 0.165 e.